The van der Waals surface area contributed by atoms with Crippen molar-refractivity contribution in [3.63, 3.8) is 0 Å². The van der Waals surface area contributed by atoms with Crippen molar-refractivity contribution in [1.29, 1.82) is 0 Å². The van der Waals surface area contributed by atoms with E-state index in [-0.39, 0.29) is 12.2 Å². The number of carboxylic acids is 1. The number of ether oxygens (including phenoxy) is 1. The van der Waals surface area contributed by atoms with Crippen LogP contribution in [0.15, 0.2) is 53.4 Å². The van der Waals surface area contributed by atoms with Crippen LogP contribution in [0.5, 0.6) is 5.75 Å². The molecule has 3 nitrogen and oxygen atoms in total. The molecule has 0 atom stereocenters. The molecule has 5 heteroatoms. The van der Waals surface area contributed by atoms with Crippen molar-refractivity contribution in [1.82, 2.24) is 0 Å². The first-order valence-electron chi connectivity index (χ1n) is 6.95. The van der Waals surface area contributed by atoms with Crippen LogP contribution in [-0.2, 0) is 11.4 Å². The fourth-order valence-electron chi connectivity index (χ4n) is 1.84. The van der Waals surface area contributed by atoms with E-state index in [1.54, 1.807) is 17.8 Å². The quantitative estimate of drug-likeness (QED) is 0.580. The molecule has 0 aliphatic carbocycles. The smallest absolute Gasteiger partial charge is 0.303 e. The van der Waals surface area contributed by atoms with Gasteiger partial charge in [-0.15, -0.1) is 11.8 Å². The summed E-state index contributed by atoms with van der Waals surface area (Å²) in [4.78, 5) is 11.5. The fraction of sp³-hybridized carbons (Fsp3) is 0.235. The van der Waals surface area contributed by atoms with E-state index < -0.39 is 5.97 Å². The number of aliphatic carboxylic acids is 1. The Hall–Kier alpha value is -2.01. The lowest BCUT2D eigenvalue weighted by Gasteiger charge is -2.07. The van der Waals surface area contributed by atoms with Crippen LogP contribution in [0.2, 0.25) is 0 Å². The summed E-state index contributed by atoms with van der Waals surface area (Å²) in [6.45, 7) is 0.322. The predicted molar refractivity (Wildman–Crippen MR) is 84.8 cm³/mol. The summed E-state index contributed by atoms with van der Waals surface area (Å²) in [5.41, 5.74) is 0.784. The molecular weight excluding hydrogens is 303 g/mol. The van der Waals surface area contributed by atoms with Crippen LogP contribution in [-0.4, -0.2) is 16.8 Å². The Morgan fingerprint density at radius 3 is 2.64 bits per heavy atom. The summed E-state index contributed by atoms with van der Waals surface area (Å²) < 4.78 is 18.7. The molecule has 1 N–H and O–H groups in total. The lowest BCUT2D eigenvalue weighted by Crippen LogP contribution is -1.96. The zero-order chi connectivity index (χ0) is 15.8. The van der Waals surface area contributed by atoms with Crippen molar-refractivity contribution in [2.24, 2.45) is 0 Å². The Morgan fingerprint density at radius 1 is 1.18 bits per heavy atom. The second-order valence-corrected chi connectivity index (χ2v) is 5.90. The Balaban J connectivity index is 1.78. The number of halogens is 1. The van der Waals surface area contributed by atoms with Crippen LogP contribution in [0.4, 0.5) is 4.39 Å². The van der Waals surface area contributed by atoms with Crippen LogP contribution in [0.3, 0.4) is 0 Å². The van der Waals surface area contributed by atoms with Gasteiger partial charge in [0.25, 0.3) is 0 Å². The van der Waals surface area contributed by atoms with Gasteiger partial charge in [-0.1, -0.05) is 12.1 Å². The average Bonchev–Trinajstić information content (AvgIpc) is 2.51. The first-order valence-corrected chi connectivity index (χ1v) is 7.94. The highest BCUT2D eigenvalue weighted by Gasteiger charge is 2.00. The number of hydrogen-bond donors (Lipinski definition) is 1. The number of carboxylic acid groups (broad SMARTS) is 1. The predicted octanol–water partition coefficient (Wildman–Crippen LogP) is 4.36. The van der Waals surface area contributed by atoms with Gasteiger partial charge in [-0.25, -0.2) is 4.39 Å². The molecule has 0 amide bonds. The Bertz CT molecular complexity index is 614. The van der Waals surface area contributed by atoms with Gasteiger partial charge < -0.3 is 9.84 Å². The second-order valence-electron chi connectivity index (χ2n) is 4.74. The number of rotatable bonds is 8. The number of benzene rings is 2. The summed E-state index contributed by atoms with van der Waals surface area (Å²) in [6, 6.07) is 13.9. The molecule has 0 saturated carbocycles. The highest BCUT2D eigenvalue weighted by atomic mass is 32.2. The SMILES string of the molecule is O=C(O)CCCSc1ccc(OCc2cccc(F)c2)cc1. The van der Waals surface area contributed by atoms with E-state index in [2.05, 4.69) is 0 Å². The largest absolute Gasteiger partial charge is 0.489 e. The van der Waals surface area contributed by atoms with Crippen molar-refractivity contribution < 1.29 is 19.0 Å². The van der Waals surface area contributed by atoms with Gasteiger partial charge in [0.2, 0.25) is 0 Å². The number of thioether (sulfide) groups is 1. The van der Waals surface area contributed by atoms with Crippen molar-refractivity contribution in [3.05, 3.63) is 59.9 Å². The van der Waals surface area contributed by atoms with E-state index in [1.165, 1.54) is 12.1 Å². The third kappa shape index (κ3) is 5.77. The molecule has 0 unspecified atom stereocenters. The second kappa shape index (κ2) is 8.44. The van der Waals surface area contributed by atoms with Crippen LogP contribution >= 0.6 is 11.8 Å². The highest BCUT2D eigenvalue weighted by Crippen LogP contribution is 2.23. The van der Waals surface area contributed by atoms with Crippen LogP contribution in [0.1, 0.15) is 18.4 Å². The van der Waals surface area contributed by atoms with Crippen molar-refractivity contribution in [2.75, 3.05) is 5.75 Å². The lowest BCUT2D eigenvalue weighted by molar-refractivity contribution is -0.137. The summed E-state index contributed by atoms with van der Waals surface area (Å²) in [7, 11) is 0. The topological polar surface area (TPSA) is 46.5 Å². The Kier molecular flexibility index (Phi) is 6.27. The van der Waals surface area contributed by atoms with E-state index in [0.717, 1.165) is 22.0 Å². The van der Waals surface area contributed by atoms with E-state index >= 15 is 0 Å². The molecule has 0 aliphatic heterocycles. The molecule has 116 valence electrons. The Morgan fingerprint density at radius 2 is 1.95 bits per heavy atom. The lowest BCUT2D eigenvalue weighted by atomic mass is 10.2. The minimum Gasteiger partial charge on any atom is -0.489 e. The maximum atomic E-state index is 13.0. The van der Waals surface area contributed by atoms with Crippen molar-refractivity contribution in [3.8, 4) is 5.75 Å². The van der Waals surface area contributed by atoms with E-state index in [4.69, 9.17) is 9.84 Å². The standard InChI is InChI=1S/C17H17FO3S/c18-14-4-1-3-13(11-14)12-21-15-6-8-16(9-7-15)22-10-2-5-17(19)20/h1,3-4,6-9,11H,2,5,10,12H2,(H,19,20). The third-order valence-electron chi connectivity index (χ3n) is 2.92. The molecule has 0 heterocycles. The van der Waals surface area contributed by atoms with Gasteiger partial charge >= 0.3 is 5.97 Å². The van der Waals surface area contributed by atoms with E-state index in [9.17, 15) is 9.18 Å². The third-order valence-corrected chi connectivity index (χ3v) is 4.02. The van der Waals surface area contributed by atoms with Gasteiger partial charge in [-0.05, 0) is 54.1 Å². The highest BCUT2D eigenvalue weighted by molar-refractivity contribution is 7.99. The molecule has 0 aromatic heterocycles. The molecule has 0 bridgehead atoms. The van der Waals surface area contributed by atoms with E-state index in [1.807, 2.05) is 30.3 Å². The summed E-state index contributed by atoms with van der Waals surface area (Å²) in [5, 5.41) is 8.57. The van der Waals surface area contributed by atoms with Gasteiger partial charge in [0.15, 0.2) is 0 Å². The van der Waals surface area contributed by atoms with E-state index in [0.29, 0.717) is 13.0 Å². The van der Waals surface area contributed by atoms with Crippen molar-refractivity contribution >= 4 is 17.7 Å². The molecule has 2 rings (SSSR count). The van der Waals surface area contributed by atoms with Gasteiger partial charge in [-0.2, -0.15) is 0 Å². The zero-order valence-electron chi connectivity index (χ0n) is 12.0. The minimum absolute atomic E-state index is 0.196. The number of carbonyl (C=O) groups is 1. The van der Waals surface area contributed by atoms with Crippen LogP contribution in [0.25, 0.3) is 0 Å². The molecule has 0 fully saturated rings. The average molecular weight is 320 g/mol. The van der Waals surface area contributed by atoms with Gasteiger partial charge in [0.1, 0.15) is 18.2 Å². The normalized spacial score (nSPS) is 10.4. The van der Waals surface area contributed by atoms with Gasteiger partial charge in [-0.3, -0.25) is 4.79 Å². The molecule has 2 aromatic rings. The van der Waals surface area contributed by atoms with Crippen LogP contribution < -0.4 is 4.74 Å². The summed E-state index contributed by atoms with van der Waals surface area (Å²) in [5.74, 6) is 0.463. The van der Waals surface area contributed by atoms with Gasteiger partial charge in [0.05, 0.1) is 0 Å². The molecule has 0 radical (unpaired) electrons. The monoisotopic (exact) mass is 320 g/mol. The molecule has 2 aromatic carbocycles. The zero-order valence-corrected chi connectivity index (χ0v) is 12.8. The minimum atomic E-state index is -0.762. The fourth-order valence-corrected chi connectivity index (χ4v) is 2.69. The molecular formula is C17H17FO3S. The summed E-state index contributed by atoms with van der Waals surface area (Å²) in [6.07, 6.45) is 0.847. The Labute approximate surface area is 133 Å². The first-order chi connectivity index (χ1) is 10.6. The molecule has 22 heavy (non-hydrogen) atoms. The first kappa shape index (κ1) is 16.4. The van der Waals surface area contributed by atoms with Crippen molar-refractivity contribution in [2.45, 2.75) is 24.3 Å². The summed E-state index contributed by atoms with van der Waals surface area (Å²) >= 11 is 1.62. The maximum absolute atomic E-state index is 13.0. The number of hydrogen-bond acceptors (Lipinski definition) is 3. The molecule has 0 saturated heterocycles. The van der Waals surface area contributed by atoms with Gasteiger partial charge in [0, 0.05) is 11.3 Å². The molecule has 0 aliphatic rings. The molecule has 0 spiro atoms. The maximum Gasteiger partial charge on any atom is 0.303 e. The van der Waals surface area contributed by atoms with Crippen LogP contribution in [0, 0.1) is 5.82 Å².